The third-order valence-corrected chi connectivity index (χ3v) is 5.84. The van der Waals surface area contributed by atoms with Gasteiger partial charge in [-0.15, -0.1) is 5.10 Å². The molecule has 1 atom stereocenters. The lowest BCUT2D eigenvalue weighted by Gasteiger charge is -2.33. The van der Waals surface area contributed by atoms with Crippen LogP contribution in [0, 0.1) is 11.7 Å². The first-order valence-corrected chi connectivity index (χ1v) is 11.6. The second kappa shape index (κ2) is 9.48. The molecule has 0 saturated heterocycles. The number of amides is 1. The van der Waals surface area contributed by atoms with Gasteiger partial charge in [-0.3, -0.25) is 9.69 Å². The molecule has 35 heavy (non-hydrogen) atoms. The monoisotopic (exact) mass is 480 g/mol. The molecule has 1 saturated carbocycles. The highest BCUT2D eigenvalue weighted by Crippen LogP contribution is 2.33. The number of carbonyl (C=O) groups excluding carboxylic acids is 1. The fourth-order valence-corrected chi connectivity index (χ4v) is 3.90. The van der Waals surface area contributed by atoms with Gasteiger partial charge < -0.3 is 9.84 Å². The van der Waals surface area contributed by atoms with Crippen molar-refractivity contribution in [1.29, 1.82) is 0 Å². The minimum atomic E-state index is -1.24. The normalized spacial score (nSPS) is 14.4. The number of nitrogens with zero attached hydrogens (tertiary/aromatic N) is 4. The Hall–Kier alpha value is -3.75. The number of aromatic nitrogens is 3. The number of halogens is 1. The van der Waals surface area contributed by atoms with Crippen LogP contribution in [0.1, 0.15) is 69.1 Å². The average molecular weight is 481 g/mol. The highest BCUT2D eigenvalue weighted by atomic mass is 19.1. The first kappa shape index (κ1) is 24.4. The molecule has 1 aliphatic rings. The standard InChI is InChI=1S/C26H29FN4O4/c1-5-23(35-19-11-8-17(9-12-19)24(32)16-6-7-16)21-15-28-31(29-21)18-10-13-22(20(27)14-18)30(25(33)34)26(2,3)4/h8-16,23H,5-7H2,1-4H3,(H,33,34). The maximum absolute atomic E-state index is 14.9. The Morgan fingerprint density at radius 1 is 1.20 bits per heavy atom. The molecule has 1 fully saturated rings. The largest absolute Gasteiger partial charge is 0.484 e. The van der Waals surface area contributed by atoms with Gasteiger partial charge in [0.2, 0.25) is 0 Å². The first-order valence-electron chi connectivity index (χ1n) is 11.6. The summed E-state index contributed by atoms with van der Waals surface area (Å²) in [5, 5.41) is 18.3. The Bertz CT molecular complexity index is 1230. The zero-order chi connectivity index (χ0) is 25.3. The van der Waals surface area contributed by atoms with E-state index < -0.39 is 17.4 Å². The van der Waals surface area contributed by atoms with Crippen LogP contribution in [0.3, 0.4) is 0 Å². The molecular formula is C26H29FN4O4. The van der Waals surface area contributed by atoms with Crippen LogP contribution in [0.4, 0.5) is 14.9 Å². The third-order valence-electron chi connectivity index (χ3n) is 5.84. The van der Waals surface area contributed by atoms with Crippen LogP contribution in [0.25, 0.3) is 5.69 Å². The van der Waals surface area contributed by atoms with E-state index in [2.05, 4.69) is 10.2 Å². The van der Waals surface area contributed by atoms with E-state index in [1.807, 2.05) is 6.92 Å². The van der Waals surface area contributed by atoms with Crippen molar-refractivity contribution in [3.05, 3.63) is 65.7 Å². The van der Waals surface area contributed by atoms with Crippen LogP contribution in [0.2, 0.25) is 0 Å². The number of benzene rings is 2. The summed E-state index contributed by atoms with van der Waals surface area (Å²) in [6, 6.07) is 11.3. The molecule has 1 aromatic heterocycles. The molecule has 2 aromatic carbocycles. The molecule has 0 spiro atoms. The number of hydrogen-bond acceptors (Lipinski definition) is 5. The Balaban J connectivity index is 1.51. The van der Waals surface area contributed by atoms with Gasteiger partial charge in [0.15, 0.2) is 5.78 Å². The number of hydrogen-bond donors (Lipinski definition) is 1. The van der Waals surface area contributed by atoms with E-state index in [-0.39, 0.29) is 23.5 Å². The summed E-state index contributed by atoms with van der Waals surface area (Å²) >= 11 is 0. The molecule has 9 heteroatoms. The van der Waals surface area contributed by atoms with Crippen molar-refractivity contribution in [3.8, 4) is 11.4 Å². The molecular weight excluding hydrogens is 451 g/mol. The van der Waals surface area contributed by atoms with E-state index in [4.69, 9.17) is 4.74 Å². The molecule has 3 aromatic rings. The van der Waals surface area contributed by atoms with Gasteiger partial charge in [0.1, 0.15) is 23.4 Å². The molecule has 0 aliphatic heterocycles. The minimum absolute atomic E-state index is 0.0421. The van der Waals surface area contributed by atoms with E-state index in [1.54, 1.807) is 57.3 Å². The number of carboxylic acid groups (broad SMARTS) is 1. The van der Waals surface area contributed by atoms with Crippen molar-refractivity contribution in [2.75, 3.05) is 4.90 Å². The van der Waals surface area contributed by atoms with Gasteiger partial charge in [-0.2, -0.15) is 9.90 Å². The lowest BCUT2D eigenvalue weighted by atomic mass is 10.1. The molecule has 1 aliphatic carbocycles. The lowest BCUT2D eigenvalue weighted by molar-refractivity contribution is 0.0967. The Labute approximate surface area is 203 Å². The smallest absolute Gasteiger partial charge is 0.412 e. The molecule has 0 radical (unpaired) electrons. The third kappa shape index (κ3) is 5.34. The van der Waals surface area contributed by atoms with Crippen LogP contribution < -0.4 is 9.64 Å². The Kier molecular flexibility index (Phi) is 6.60. The summed E-state index contributed by atoms with van der Waals surface area (Å²) < 4.78 is 21.0. The number of anilines is 1. The van der Waals surface area contributed by atoms with Crippen molar-refractivity contribution >= 4 is 17.6 Å². The summed E-state index contributed by atoms with van der Waals surface area (Å²) in [6.07, 6.45) is 2.48. The lowest BCUT2D eigenvalue weighted by Crippen LogP contribution is -2.45. The molecule has 1 N–H and O–H groups in total. The van der Waals surface area contributed by atoms with Gasteiger partial charge in [0.05, 0.1) is 17.6 Å². The number of rotatable bonds is 8. The van der Waals surface area contributed by atoms with Gasteiger partial charge in [0, 0.05) is 23.1 Å². The van der Waals surface area contributed by atoms with E-state index in [0.717, 1.165) is 17.7 Å². The zero-order valence-corrected chi connectivity index (χ0v) is 20.2. The maximum atomic E-state index is 14.9. The average Bonchev–Trinajstić information content (AvgIpc) is 3.54. The molecule has 1 amide bonds. The van der Waals surface area contributed by atoms with E-state index in [1.165, 1.54) is 16.9 Å². The van der Waals surface area contributed by atoms with E-state index >= 15 is 0 Å². The fourth-order valence-electron chi connectivity index (χ4n) is 3.90. The number of carbonyl (C=O) groups is 2. The van der Waals surface area contributed by atoms with Gasteiger partial charge in [-0.05, 0) is 76.4 Å². The van der Waals surface area contributed by atoms with Crippen molar-refractivity contribution < 1.29 is 23.8 Å². The predicted octanol–water partition coefficient (Wildman–Crippen LogP) is 5.81. The summed E-state index contributed by atoms with van der Waals surface area (Å²) in [6.45, 7) is 7.04. The molecule has 1 unspecified atom stereocenters. The van der Waals surface area contributed by atoms with Crippen LogP contribution in [0.15, 0.2) is 48.7 Å². The van der Waals surface area contributed by atoms with E-state index in [0.29, 0.717) is 29.1 Å². The zero-order valence-electron chi connectivity index (χ0n) is 20.2. The molecule has 8 nitrogen and oxygen atoms in total. The van der Waals surface area contributed by atoms with Crippen molar-refractivity contribution in [1.82, 2.24) is 15.0 Å². The van der Waals surface area contributed by atoms with Crippen LogP contribution >= 0.6 is 0 Å². The van der Waals surface area contributed by atoms with Crippen LogP contribution in [-0.4, -0.2) is 37.5 Å². The molecule has 184 valence electrons. The molecule has 1 heterocycles. The highest BCUT2D eigenvalue weighted by Gasteiger charge is 2.31. The second-order valence-electron chi connectivity index (χ2n) is 9.66. The number of ether oxygens (including phenoxy) is 1. The van der Waals surface area contributed by atoms with Crippen molar-refractivity contribution in [2.24, 2.45) is 5.92 Å². The predicted molar refractivity (Wildman–Crippen MR) is 129 cm³/mol. The van der Waals surface area contributed by atoms with Crippen molar-refractivity contribution in [3.63, 3.8) is 0 Å². The summed E-state index contributed by atoms with van der Waals surface area (Å²) in [7, 11) is 0. The molecule has 4 rings (SSSR count). The Morgan fingerprint density at radius 2 is 1.89 bits per heavy atom. The fraction of sp³-hybridized carbons (Fsp3) is 0.385. The number of Topliss-reactive ketones (excluding diaryl/α,β-unsaturated/α-hetero) is 1. The van der Waals surface area contributed by atoms with Gasteiger partial charge in [-0.25, -0.2) is 9.18 Å². The SMILES string of the molecule is CCC(Oc1ccc(C(=O)C2CC2)cc1)c1cnn(-c2ccc(N(C(=O)O)C(C)(C)C)c(F)c2)n1. The number of ketones is 1. The van der Waals surface area contributed by atoms with Crippen molar-refractivity contribution in [2.45, 2.75) is 58.6 Å². The first-order chi connectivity index (χ1) is 16.6. The quantitative estimate of drug-likeness (QED) is 0.409. The summed E-state index contributed by atoms with van der Waals surface area (Å²) in [4.78, 5) is 26.2. The van der Waals surface area contributed by atoms with Gasteiger partial charge in [-0.1, -0.05) is 6.92 Å². The Morgan fingerprint density at radius 3 is 2.43 bits per heavy atom. The van der Waals surface area contributed by atoms with Crippen LogP contribution in [-0.2, 0) is 0 Å². The maximum Gasteiger partial charge on any atom is 0.412 e. The van der Waals surface area contributed by atoms with Crippen LogP contribution in [0.5, 0.6) is 5.75 Å². The summed E-state index contributed by atoms with van der Waals surface area (Å²) in [5.41, 5.74) is 0.753. The highest BCUT2D eigenvalue weighted by molar-refractivity contribution is 5.99. The topological polar surface area (TPSA) is 97.6 Å². The molecule has 0 bridgehead atoms. The van der Waals surface area contributed by atoms with E-state index in [9.17, 15) is 19.1 Å². The van der Waals surface area contributed by atoms with Gasteiger partial charge >= 0.3 is 6.09 Å². The van der Waals surface area contributed by atoms with Gasteiger partial charge in [0.25, 0.3) is 0 Å². The minimum Gasteiger partial charge on any atom is -0.484 e. The second-order valence-corrected chi connectivity index (χ2v) is 9.66. The summed E-state index contributed by atoms with van der Waals surface area (Å²) in [5.74, 6) is 0.270.